The molecule has 0 atom stereocenters. The topological polar surface area (TPSA) is 84.9 Å². The molecular weight excluding hydrogens is 436 g/mol. The maximum absolute atomic E-state index is 12.5. The Balaban J connectivity index is 1.49. The molecule has 1 heterocycles. The van der Waals surface area contributed by atoms with E-state index in [1.54, 1.807) is 12.1 Å². The van der Waals surface area contributed by atoms with E-state index in [4.69, 9.17) is 28.9 Å². The van der Waals surface area contributed by atoms with Crippen molar-refractivity contribution in [2.45, 2.75) is 13.8 Å². The molecule has 3 N–H and O–H groups in total. The highest BCUT2D eigenvalue weighted by Crippen LogP contribution is 2.22. The highest BCUT2D eigenvalue weighted by atomic mass is 35.5. The van der Waals surface area contributed by atoms with Crippen LogP contribution < -0.4 is 10.6 Å². The van der Waals surface area contributed by atoms with Gasteiger partial charge in [-0.3, -0.25) is 9.69 Å². The number of hydrogen-bond donors (Lipinski definition) is 3. The summed E-state index contributed by atoms with van der Waals surface area (Å²) in [7, 11) is 0. The first-order valence-electron chi connectivity index (χ1n) is 9.92. The van der Waals surface area contributed by atoms with Gasteiger partial charge in [-0.15, -0.1) is 0 Å². The predicted octanol–water partition coefficient (Wildman–Crippen LogP) is 3.61. The monoisotopic (exact) mass is 460 g/mol. The Bertz CT molecular complexity index is 986. The van der Waals surface area contributed by atoms with Crippen molar-refractivity contribution < 1.29 is 14.7 Å². The van der Waals surface area contributed by atoms with E-state index >= 15 is 0 Å². The Labute approximate surface area is 192 Å². The smallest absolute Gasteiger partial charge is 0.337 e. The molecule has 0 aliphatic carbocycles. The molecule has 0 bridgehead atoms. The van der Waals surface area contributed by atoms with Crippen LogP contribution >= 0.6 is 23.8 Å². The maximum atomic E-state index is 12.5. The number of anilines is 2. The Hall–Kier alpha value is -2.68. The maximum Gasteiger partial charge on any atom is 0.337 e. The number of amides is 1. The van der Waals surface area contributed by atoms with Gasteiger partial charge in [0.25, 0.3) is 0 Å². The van der Waals surface area contributed by atoms with Gasteiger partial charge in [0.05, 0.1) is 17.1 Å². The van der Waals surface area contributed by atoms with Gasteiger partial charge >= 0.3 is 5.97 Å². The molecule has 1 amide bonds. The summed E-state index contributed by atoms with van der Waals surface area (Å²) in [5.41, 5.74) is 3.66. The summed E-state index contributed by atoms with van der Waals surface area (Å²) < 4.78 is 0. The zero-order chi connectivity index (χ0) is 22.5. The van der Waals surface area contributed by atoms with Crippen LogP contribution in [0.2, 0.25) is 5.02 Å². The molecule has 0 unspecified atom stereocenters. The van der Waals surface area contributed by atoms with Crippen LogP contribution in [-0.2, 0) is 4.79 Å². The third-order valence-electron chi connectivity index (χ3n) is 5.22. The highest BCUT2D eigenvalue weighted by molar-refractivity contribution is 7.80. The van der Waals surface area contributed by atoms with Gasteiger partial charge in [-0.05, 0) is 55.4 Å². The van der Waals surface area contributed by atoms with Gasteiger partial charge in [0.1, 0.15) is 0 Å². The van der Waals surface area contributed by atoms with Gasteiger partial charge in [-0.25, -0.2) is 4.79 Å². The molecule has 9 heteroatoms. The summed E-state index contributed by atoms with van der Waals surface area (Å²) in [5.74, 6) is -1.10. The number of carbonyl (C=O) groups is 2. The molecule has 3 rings (SSSR count). The van der Waals surface area contributed by atoms with Crippen LogP contribution in [0.4, 0.5) is 11.4 Å². The number of hydrogen-bond acceptors (Lipinski definition) is 4. The first-order valence-corrected chi connectivity index (χ1v) is 10.7. The molecule has 0 radical (unpaired) electrons. The SMILES string of the molecule is Cc1cccc(C)c1NC(=O)CN1CCN(C(=S)Nc2ccc(C(=O)O)c(Cl)c2)CC1. The standard InChI is InChI=1S/C22H25ClN4O3S/c1-14-4-3-5-15(2)20(14)25-19(28)13-26-8-10-27(11-9-26)22(31)24-16-6-7-17(21(29)30)18(23)12-16/h3-7,12H,8-11,13H2,1-2H3,(H,24,31)(H,25,28)(H,29,30). The largest absolute Gasteiger partial charge is 0.478 e. The van der Waals surface area contributed by atoms with Gasteiger partial charge in [0.15, 0.2) is 5.11 Å². The van der Waals surface area contributed by atoms with E-state index in [0.717, 1.165) is 16.8 Å². The van der Waals surface area contributed by atoms with Crippen LogP contribution in [0.25, 0.3) is 0 Å². The number of nitrogens with zero attached hydrogens (tertiary/aromatic N) is 2. The number of rotatable bonds is 5. The second kappa shape index (κ2) is 10.1. The molecule has 2 aromatic carbocycles. The quantitative estimate of drug-likeness (QED) is 0.588. The molecule has 31 heavy (non-hydrogen) atoms. The average Bonchev–Trinajstić information content (AvgIpc) is 2.71. The molecular formula is C22H25ClN4O3S. The Morgan fingerprint density at radius 1 is 1.06 bits per heavy atom. The minimum atomic E-state index is -1.07. The number of carboxylic acids is 1. The molecule has 0 saturated carbocycles. The van der Waals surface area contributed by atoms with Crippen LogP contribution in [0.1, 0.15) is 21.5 Å². The molecule has 2 aromatic rings. The Morgan fingerprint density at radius 3 is 2.29 bits per heavy atom. The van der Waals surface area contributed by atoms with Crippen LogP contribution in [0.3, 0.4) is 0 Å². The van der Waals surface area contributed by atoms with E-state index in [2.05, 4.69) is 15.5 Å². The van der Waals surface area contributed by atoms with Crippen LogP contribution in [-0.4, -0.2) is 64.6 Å². The fraction of sp³-hybridized carbons (Fsp3) is 0.318. The fourth-order valence-corrected chi connectivity index (χ4v) is 4.03. The van der Waals surface area contributed by atoms with Crippen LogP contribution in [0.5, 0.6) is 0 Å². The summed E-state index contributed by atoms with van der Waals surface area (Å²) in [5, 5.41) is 15.9. The second-order valence-corrected chi connectivity index (χ2v) is 8.30. The first-order chi connectivity index (χ1) is 14.7. The number of thiocarbonyl (C=S) groups is 1. The molecule has 0 spiro atoms. The van der Waals surface area contributed by atoms with Gasteiger partial charge in [0.2, 0.25) is 5.91 Å². The summed E-state index contributed by atoms with van der Waals surface area (Å²) in [6.07, 6.45) is 0. The third-order valence-corrected chi connectivity index (χ3v) is 5.90. The average molecular weight is 461 g/mol. The van der Waals surface area contributed by atoms with E-state index in [1.165, 1.54) is 6.07 Å². The molecule has 1 fully saturated rings. The first kappa shape index (κ1) is 23.0. The third kappa shape index (κ3) is 5.94. The normalized spacial score (nSPS) is 14.2. The lowest BCUT2D eigenvalue weighted by molar-refractivity contribution is -0.117. The van der Waals surface area contributed by atoms with Crippen molar-refractivity contribution in [3.05, 3.63) is 58.1 Å². The predicted molar refractivity (Wildman–Crippen MR) is 127 cm³/mol. The number of benzene rings is 2. The Kier molecular flexibility index (Phi) is 7.48. The summed E-state index contributed by atoms with van der Waals surface area (Å²) in [6, 6.07) is 10.6. The van der Waals surface area contributed by atoms with Gasteiger partial charge in [-0.2, -0.15) is 0 Å². The van der Waals surface area contributed by atoms with E-state index in [0.29, 0.717) is 43.5 Å². The molecule has 7 nitrogen and oxygen atoms in total. The number of nitrogens with one attached hydrogen (secondary N) is 2. The number of para-hydroxylation sites is 1. The van der Waals surface area contributed by atoms with E-state index in [-0.39, 0.29) is 16.5 Å². The van der Waals surface area contributed by atoms with Gasteiger partial charge in [0, 0.05) is 37.6 Å². The van der Waals surface area contributed by atoms with Crippen molar-refractivity contribution in [1.82, 2.24) is 9.80 Å². The number of aromatic carboxylic acids is 1. The number of aryl methyl sites for hydroxylation is 2. The highest BCUT2D eigenvalue weighted by Gasteiger charge is 2.21. The minimum absolute atomic E-state index is 0.0280. The zero-order valence-corrected chi connectivity index (χ0v) is 19.0. The molecule has 1 saturated heterocycles. The lowest BCUT2D eigenvalue weighted by Crippen LogP contribution is -2.51. The second-order valence-electron chi connectivity index (χ2n) is 7.51. The van der Waals surface area contributed by atoms with Gasteiger partial charge in [-0.1, -0.05) is 29.8 Å². The summed E-state index contributed by atoms with van der Waals surface area (Å²) in [6.45, 7) is 7.08. The number of piperazine rings is 1. The molecule has 1 aliphatic heterocycles. The fourth-order valence-electron chi connectivity index (χ4n) is 3.47. The van der Waals surface area contributed by atoms with Crippen molar-refractivity contribution in [1.29, 1.82) is 0 Å². The van der Waals surface area contributed by atoms with E-state index < -0.39 is 5.97 Å². The van der Waals surface area contributed by atoms with Crippen LogP contribution in [0, 0.1) is 13.8 Å². The molecule has 0 aromatic heterocycles. The number of halogens is 1. The van der Waals surface area contributed by atoms with E-state index in [9.17, 15) is 9.59 Å². The van der Waals surface area contributed by atoms with Crippen molar-refractivity contribution in [3.8, 4) is 0 Å². The lowest BCUT2D eigenvalue weighted by atomic mass is 10.1. The van der Waals surface area contributed by atoms with Crippen molar-refractivity contribution in [2.75, 3.05) is 43.4 Å². The van der Waals surface area contributed by atoms with Crippen molar-refractivity contribution in [2.24, 2.45) is 0 Å². The number of carboxylic acid groups (broad SMARTS) is 1. The number of carbonyl (C=O) groups excluding carboxylic acids is 1. The summed E-state index contributed by atoms with van der Waals surface area (Å²) in [4.78, 5) is 27.7. The van der Waals surface area contributed by atoms with Crippen molar-refractivity contribution >= 4 is 52.2 Å². The van der Waals surface area contributed by atoms with Gasteiger partial charge < -0.3 is 20.6 Å². The van der Waals surface area contributed by atoms with Crippen molar-refractivity contribution in [3.63, 3.8) is 0 Å². The Morgan fingerprint density at radius 2 is 1.71 bits per heavy atom. The van der Waals surface area contributed by atoms with Crippen LogP contribution in [0.15, 0.2) is 36.4 Å². The van der Waals surface area contributed by atoms with E-state index in [1.807, 2.05) is 36.9 Å². The minimum Gasteiger partial charge on any atom is -0.478 e. The lowest BCUT2D eigenvalue weighted by Gasteiger charge is -2.35. The molecule has 1 aliphatic rings. The molecule has 164 valence electrons. The summed E-state index contributed by atoms with van der Waals surface area (Å²) >= 11 is 11.5. The zero-order valence-electron chi connectivity index (χ0n) is 17.4.